The molecule has 1 aliphatic heterocycles. The Morgan fingerprint density at radius 2 is 1.43 bits per heavy atom. The molecule has 238 valence electrons. The number of anilines is 2. The number of halogens is 2. The van der Waals surface area contributed by atoms with Gasteiger partial charge >= 0.3 is 5.97 Å². The number of nitrogens with one attached hydrogen (secondary N) is 1. The molecule has 1 saturated carbocycles. The first-order valence-electron chi connectivity index (χ1n) is 16.2. The molecule has 0 aromatic heterocycles. The minimum absolute atomic E-state index is 0.0228. The Labute approximate surface area is 269 Å². The maximum absolute atomic E-state index is 14.6. The Kier molecular flexibility index (Phi) is 9.20. The molecule has 1 saturated heterocycles. The lowest BCUT2D eigenvalue weighted by Gasteiger charge is -2.37. The molecular formula is C39H40F2N2O3. The molecule has 6 rings (SSSR count). The molecule has 0 radical (unpaired) electrons. The average molecular weight is 623 g/mol. The zero-order chi connectivity index (χ0) is 32.3. The van der Waals surface area contributed by atoms with Gasteiger partial charge in [-0.3, -0.25) is 9.59 Å². The van der Waals surface area contributed by atoms with Gasteiger partial charge < -0.3 is 15.0 Å². The van der Waals surface area contributed by atoms with Crippen molar-refractivity contribution >= 4 is 23.3 Å². The molecule has 0 bridgehead atoms. The van der Waals surface area contributed by atoms with Crippen LogP contribution in [0.15, 0.2) is 103 Å². The number of hydrogen-bond acceptors (Lipinski definition) is 4. The first-order valence-corrected chi connectivity index (χ1v) is 16.2. The largest absolute Gasteiger partial charge is 0.462 e. The standard InChI is InChI=1S/C39H40F2N2O3/c1-26(2)46-38(45)36(28-8-4-3-5-9-28)29-22-24-43(25-23-29)33-20-18-32(19-21-33)42-37(44)35-11-7-6-10-34(35)27-12-14-30(15-13-27)39(40,41)31-16-17-31/h3-15,18-21,26,29,31,36H,16-17,22-25H2,1-2H3,(H,42,44). The van der Waals surface area contributed by atoms with Gasteiger partial charge in [0.15, 0.2) is 0 Å². The molecule has 0 spiro atoms. The van der Waals surface area contributed by atoms with Crippen LogP contribution in [-0.4, -0.2) is 31.1 Å². The molecule has 1 heterocycles. The van der Waals surface area contributed by atoms with Crippen LogP contribution in [0.4, 0.5) is 20.2 Å². The van der Waals surface area contributed by atoms with Gasteiger partial charge in [-0.2, -0.15) is 0 Å². The molecule has 5 nitrogen and oxygen atoms in total. The number of hydrogen-bond donors (Lipinski definition) is 1. The molecule has 4 aromatic rings. The zero-order valence-corrected chi connectivity index (χ0v) is 26.3. The predicted molar refractivity (Wildman–Crippen MR) is 178 cm³/mol. The Morgan fingerprint density at radius 3 is 2.07 bits per heavy atom. The Morgan fingerprint density at radius 1 is 0.804 bits per heavy atom. The van der Waals surface area contributed by atoms with Crippen molar-refractivity contribution in [3.63, 3.8) is 0 Å². The van der Waals surface area contributed by atoms with Gasteiger partial charge in [-0.1, -0.05) is 72.8 Å². The molecule has 2 fully saturated rings. The molecule has 1 aliphatic carbocycles. The van der Waals surface area contributed by atoms with Crippen molar-refractivity contribution in [1.82, 2.24) is 0 Å². The van der Waals surface area contributed by atoms with Gasteiger partial charge in [0.25, 0.3) is 11.8 Å². The minimum Gasteiger partial charge on any atom is -0.462 e. The Balaban J connectivity index is 1.09. The zero-order valence-electron chi connectivity index (χ0n) is 26.3. The van der Waals surface area contributed by atoms with Crippen LogP contribution in [-0.2, 0) is 15.5 Å². The highest BCUT2D eigenvalue weighted by Crippen LogP contribution is 2.49. The fourth-order valence-corrected chi connectivity index (χ4v) is 6.50. The number of alkyl halides is 2. The summed E-state index contributed by atoms with van der Waals surface area (Å²) in [6.45, 7) is 5.39. The van der Waals surface area contributed by atoms with Crippen LogP contribution in [0, 0.1) is 11.8 Å². The lowest BCUT2D eigenvalue weighted by Crippen LogP contribution is -2.38. The van der Waals surface area contributed by atoms with Crippen molar-refractivity contribution in [2.75, 3.05) is 23.3 Å². The predicted octanol–water partition coefficient (Wildman–Crippen LogP) is 9.06. The second kappa shape index (κ2) is 13.5. The smallest absolute Gasteiger partial charge is 0.313 e. The summed E-state index contributed by atoms with van der Waals surface area (Å²) in [5, 5.41) is 3.00. The highest BCUT2D eigenvalue weighted by molar-refractivity contribution is 6.08. The van der Waals surface area contributed by atoms with Gasteiger partial charge in [0, 0.05) is 41.5 Å². The number of carbonyl (C=O) groups is 2. The van der Waals surface area contributed by atoms with E-state index in [1.807, 2.05) is 80.6 Å². The Hall–Kier alpha value is -4.52. The van der Waals surface area contributed by atoms with E-state index in [2.05, 4.69) is 10.2 Å². The highest BCUT2D eigenvalue weighted by atomic mass is 19.3. The number of esters is 1. The van der Waals surface area contributed by atoms with Crippen molar-refractivity contribution < 1.29 is 23.1 Å². The van der Waals surface area contributed by atoms with Crippen LogP contribution in [0.2, 0.25) is 0 Å². The maximum atomic E-state index is 14.6. The topological polar surface area (TPSA) is 58.6 Å². The second-order valence-electron chi connectivity index (χ2n) is 12.7. The van der Waals surface area contributed by atoms with E-state index in [0.29, 0.717) is 35.2 Å². The van der Waals surface area contributed by atoms with Crippen LogP contribution in [0.1, 0.15) is 66.9 Å². The van der Waals surface area contributed by atoms with E-state index in [1.165, 1.54) is 12.1 Å². The molecule has 2 aliphatic rings. The molecule has 4 aromatic carbocycles. The van der Waals surface area contributed by atoms with Gasteiger partial charge in [0.2, 0.25) is 0 Å². The summed E-state index contributed by atoms with van der Waals surface area (Å²) in [7, 11) is 0. The maximum Gasteiger partial charge on any atom is 0.313 e. The number of nitrogens with zero attached hydrogens (tertiary/aromatic N) is 1. The first-order chi connectivity index (χ1) is 22.2. The van der Waals surface area contributed by atoms with Crippen LogP contribution >= 0.6 is 0 Å². The van der Waals surface area contributed by atoms with E-state index in [1.54, 1.807) is 24.3 Å². The number of rotatable bonds is 10. The summed E-state index contributed by atoms with van der Waals surface area (Å²) in [4.78, 5) is 28.8. The normalized spacial score (nSPS) is 16.2. The third-order valence-electron chi connectivity index (χ3n) is 9.11. The van der Waals surface area contributed by atoms with Crippen molar-refractivity contribution in [2.24, 2.45) is 11.8 Å². The number of ether oxygens (including phenoxy) is 1. The van der Waals surface area contributed by atoms with Crippen molar-refractivity contribution in [3.05, 3.63) is 120 Å². The van der Waals surface area contributed by atoms with E-state index < -0.39 is 11.8 Å². The van der Waals surface area contributed by atoms with Gasteiger partial charge in [-0.15, -0.1) is 0 Å². The fraction of sp³-hybridized carbons (Fsp3) is 0.333. The van der Waals surface area contributed by atoms with Crippen molar-refractivity contribution in [2.45, 2.75) is 57.5 Å². The number of carbonyl (C=O) groups excluding carboxylic acids is 2. The molecular weight excluding hydrogens is 582 g/mol. The Bertz CT molecular complexity index is 1640. The molecule has 7 heteroatoms. The summed E-state index contributed by atoms with van der Waals surface area (Å²) in [5.41, 5.74) is 4.62. The van der Waals surface area contributed by atoms with E-state index >= 15 is 0 Å². The van der Waals surface area contributed by atoms with E-state index in [9.17, 15) is 18.4 Å². The summed E-state index contributed by atoms with van der Waals surface area (Å²) in [5.74, 6) is -3.90. The lowest BCUT2D eigenvalue weighted by molar-refractivity contribution is -0.151. The molecule has 1 atom stereocenters. The van der Waals surface area contributed by atoms with Crippen molar-refractivity contribution in [1.29, 1.82) is 0 Å². The summed E-state index contributed by atoms with van der Waals surface area (Å²) < 4.78 is 34.8. The van der Waals surface area contributed by atoms with E-state index in [4.69, 9.17) is 4.74 Å². The summed E-state index contributed by atoms with van der Waals surface area (Å²) >= 11 is 0. The SMILES string of the molecule is CC(C)OC(=O)C(c1ccccc1)C1CCN(c2ccc(NC(=O)c3ccccc3-c3ccc(C(F)(F)C4CC4)cc3)cc2)CC1. The second-order valence-corrected chi connectivity index (χ2v) is 12.7. The average Bonchev–Trinajstić information content (AvgIpc) is 3.93. The molecule has 46 heavy (non-hydrogen) atoms. The minimum atomic E-state index is -2.82. The lowest BCUT2D eigenvalue weighted by atomic mass is 9.80. The van der Waals surface area contributed by atoms with Crippen LogP contribution in [0.3, 0.4) is 0 Å². The summed E-state index contributed by atoms with van der Waals surface area (Å²) in [6, 6.07) is 31.2. The van der Waals surface area contributed by atoms with Crippen molar-refractivity contribution in [3.8, 4) is 11.1 Å². The van der Waals surface area contributed by atoms with E-state index in [0.717, 1.165) is 37.2 Å². The van der Waals surface area contributed by atoms with Gasteiger partial charge in [-0.25, -0.2) is 8.78 Å². The highest BCUT2D eigenvalue weighted by Gasteiger charge is 2.47. The quantitative estimate of drug-likeness (QED) is 0.179. The molecule has 1 amide bonds. The fourth-order valence-electron chi connectivity index (χ4n) is 6.50. The van der Waals surface area contributed by atoms with Crippen LogP contribution in [0.5, 0.6) is 0 Å². The number of amides is 1. The third-order valence-corrected chi connectivity index (χ3v) is 9.11. The van der Waals surface area contributed by atoms with E-state index in [-0.39, 0.29) is 35.4 Å². The van der Waals surface area contributed by atoms with Gasteiger partial charge in [0.05, 0.1) is 12.0 Å². The summed E-state index contributed by atoms with van der Waals surface area (Å²) in [6.07, 6.45) is 2.68. The molecule has 1 N–H and O–H groups in total. The van der Waals surface area contributed by atoms with Crippen LogP contribution < -0.4 is 10.2 Å². The van der Waals surface area contributed by atoms with Gasteiger partial charge in [-0.05, 0) is 92.5 Å². The molecule has 1 unspecified atom stereocenters. The third kappa shape index (κ3) is 6.99. The number of benzene rings is 4. The van der Waals surface area contributed by atoms with Gasteiger partial charge in [0.1, 0.15) is 0 Å². The monoisotopic (exact) mass is 622 g/mol. The number of piperidine rings is 1. The first kappa shape index (κ1) is 31.5. The van der Waals surface area contributed by atoms with Crippen LogP contribution in [0.25, 0.3) is 11.1 Å².